The van der Waals surface area contributed by atoms with Gasteiger partial charge in [0.1, 0.15) is 11.6 Å². The third-order valence-electron chi connectivity index (χ3n) is 3.93. The largest absolute Gasteiger partial charge is 0.478 e. The van der Waals surface area contributed by atoms with Gasteiger partial charge in [0, 0.05) is 19.0 Å². The van der Waals surface area contributed by atoms with Gasteiger partial charge in [0.05, 0.1) is 6.61 Å². The zero-order valence-electron chi connectivity index (χ0n) is 14.1. The molecule has 22 heavy (non-hydrogen) atoms. The van der Waals surface area contributed by atoms with Crippen LogP contribution in [0.5, 0.6) is 5.88 Å². The first-order valence-corrected chi connectivity index (χ1v) is 8.78. The van der Waals surface area contributed by atoms with Crippen LogP contribution in [0.15, 0.2) is 6.07 Å². The van der Waals surface area contributed by atoms with E-state index in [1.165, 1.54) is 45.3 Å². The lowest BCUT2D eigenvalue weighted by molar-refractivity contribution is 0.304. The van der Waals surface area contributed by atoms with Crippen molar-refractivity contribution in [1.29, 1.82) is 0 Å². The van der Waals surface area contributed by atoms with Crippen molar-refractivity contribution in [2.75, 3.05) is 38.1 Å². The minimum Gasteiger partial charge on any atom is -0.478 e. The van der Waals surface area contributed by atoms with E-state index in [4.69, 9.17) is 4.74 Å². The summed E-state index contributed by atoms with van der Waals surface area (Å²) >= 11 is 0. The zero-order valence-corrected chi connectivity index (χ0v) is 14.1. The van der Waals surface area contributed by atoms with Gasteiger partial charge < -0.3 is 15.0 Å². The highest BCUT2D eigenvalue weighted by Gasteiger charge is 2.10. The number of nitrogens with zero attached hydrogens (tertiary/aromatic N) is 3. The summed E-state index contributed by atoms with van der Waals surface area (Å²) in [7, 11) is 0. The highest BCUT2D eigenvalue weighted by molar-refractivity contribution is 5.38. The van der Waals surface area contributed by atoms with Crippen LogP contribution in [0, 0.1) is 0 Å². The Balaban J connectivity index is 1.73. The third kappa shape index (κ3) is 5.79. The van der Waals surface area contributed by atoms with Gasteiger partial charge in [-0.1, -0.05) is 13.8 Å². The van der Waals surface area contributed by atoms with E-state index in [0.717, 1.165) is 31.0 Å². The Morgan fingerprint density at radius 3 is 2.73 bits per heavy atom. The van der Waals surface area contributed by atoms with Crippen molar-refractivity contribution in [2.45, 2.75) is 52.4 Å². The Bertz CT molecular complexity index is 433. The quantitative estimate of drug-likeness (QED) is 0.673. The smallest absolute Gasteiger partial charge is 0.218 e. The maximum atomic E-state index is 5.64. The number of anilines is 1. The van der Waals surface area contributed by atoms with Crippen molar-refractivity contribution in [2.24, 2.45) is 0 Å². The van der Waals surface area contributed by atoms with Crippen LogP contribution in [-0.4, -0.2) is 47.7 Å². The Morgan fingerprint density at radius 1 is 1.18 bits per heavy atom. The molecule has 0 atom stereocenters. The van der Waals surface area contributed by atoms with E-state index >= 15 is 0 Å². The summed E-state index contributed by atoms with van der Waals surface area (Å²) < 4.78 is 5.64. The first kappa shape index (κ1) is 17.0. The zero-order chi connectivity index (χ0) is 15.6. The molecule has 1 fully saturated rings. The van der Waals surface area contributed by atoms with Gasteiger partial charge in [-0.15, -0.1) is 0 Å². The average Bonchev–Trinajstić information content (AvgIpc) is 3.05. The lowest BCUT2D eigenvalue weighted by Gasteiger charge is -2.14. The molecule has 0 aliphatic carbocycles. The molecule has 0 unspecified atom stereocenters. The van der Waals surface area contributed by atoms with Crippen LogP contribution in [0.3, 0.4) is 0 Å². The summed E-state index contributed by atoms with van der Waals surface area (Å²) in [6.45, 7) is 9.64. The molecule has 5 nitrogen and oxygen atoms in total. The van der Waals surface area contributed by atoms with E-state index in [1.807, 2.05) is 6.07 Å². The second-order valence-corrected chi connectivity index (χ2v) is 5.89. The van der Waals surface area contributed by atoms with E-state index in [9.17, 15) is 0 Å². The average molecular weight is 306 g/mol. The Hall–Kier alpha value is -1.36. The van der Waals surface area contributed by atoms with Gasteiger partial charge in [-0.3, -0.25) is 0 Å². The number of likely N-dealkylation sites (tertiary alicyclic amines) is 1. The van der Waals surface area contributed by atoms with Gasteiger partial charge in [-0.25, -0.2) is 4.98 Å². The summed E-state index contributed by atoms with van der Waals surface area (Å²) in [5.41, 5.74) is 0. The van der Waals surface area contributed by atoms with Crippen molar-refractivity contribution in [1.82, 2.24) is 14.9 Å². The maximum Gasteiger partial charge on any atom is 0.218 e. The van der Waals surface area contributed by atoms with Crippen LogP contribution in [0.1, 0.15) is 51.8 Å². The highest BCUT2D eigenvalue weighted by atomic mass is 16.5. The molecular weight excluding hydrogens is 276 g/mol. The van der Waals surface area contributed by atoms with Crippen LogP contribution >= 0.6 is 0 Å². The highest BCUT2D eigenvalue weighted by Crippen LogP contribution is 2.15. The molecule has 0 amide bonds. The number of ether oxygens (including phenoxy) is 1. The topological polar surface area (TPSA) is 50.3 Å². The molecule has 0 saturated carbocycles. The molecule has 5 heteroatoms. The molecule has 0 aromatic carbocycles. The predicted molar refractivity (Wildman–Crippen MR) is 90.6 cm³/mol. The number of aromatic nitrogens is 2. The van der Waals surface area contributed by atoms with Gasteiger partial charge in [0.15, 0.2) is 0 Å². The fourth-order valence-electron chi connectivity index (χ4n) is 2.69. The van der Waals surface area contributed by atoms with Crippen LogP contribution in [0.25, 0.3) is 0 Å². The molecule has 2 rings (SSSR count). The molecule has 2 heterocycles. The molecule has 1 N–H and O–H groups in total. The number of hydrogen-bond acceptors (Lipinski definition) is 5. The van der Waals surface area contributed by atoms with Crippen molar-refractivity contribution >= 4 is 5.82 Å². The van der Waals surface area contributed by atoms with Crippen LogP contribution in [-0.2, 0) is 6.42 Å². The molecular formula is C17H30N4O. The Kier molecular flexibility index (Phi) is 7.43. The standard InChI is InChI=1S/C17H30N4O/c1-3-13-22-17-14-16(19-15(4-2)20-17)18-9-5-6-10-21-11-7-8-12-21/h14H,3-13H2,1-2H3,(H,18,19,20). The summed E-state index contributed by atoms with van der Waals surface area (Å²) in [5.74, 6) is 2.42. The van der Waals surface area contributed by atoms with E-state index in [2.05, 4.69) is 34.0 Å². The third-order valence-corrected chi connectivity index (χ3v) is 3.93. The minimum absolute atomic E-state index is 0.688. The molecule has 0 radical (unpaired) electrons. The van der Waals surface area contributed by atoms with Crippen molar-refractivity contribution in [3.63, 3.8) is 0 Å². The van der Waals surface area contributed by atoms with Gasteiger partial charge in [0.25, 0.3) is 0 Å². The van der Waals surface area contributed by atoms with Crippen LogP contribution in [0.2, 0.25) is 0 Å². The first-order valence-electron chi connectivity index (χ1n) is 8.78. The lowest BCUT2D eigenvalue weighted by Crippen LogP contribution is -2.21. The molecule has 1 aliphatic rings. The lowest BCUT2D eigenvalue weighted by atomic mass is 10.3. The fourth-order valence-corrected chi connectivity index (χ4v) is 2.69. The van der Waals surface area contributed by atoms with Crippen molar-refractivity contribution in [3.8, 4) is 5.88 Å². The van der Waals surface area contributed by atoms with Crippen LogP contribution < -0.4 is 10.1 Å². The van der Waals surface area contributed by atoms with E-state index < -0.39 is 0 Å². The van der Waals surface area contributed by atoms with Gasteiger partial charge in [-0.2, -0.15) is 4.98 Å². The Morgan fingerprint density at radius 2 is 2.00 bits per heavy atom. The number of nitrogens with one attached hydrogen (secondary N) is 1. The fraction of sp³-hybridized carbons (Fsp3) is 0.765. The number of rotatable bonds is 10. The van der Waals surface area contributed by atoms with E-state index in [1.54, 1.807) is 0 Å². The second-order valence-electron chi connectivity index (χ2n) is 5.89. The molecule has 1 aromatic rings. The van der Waals surface area contributed by atoms with E-state index in [0.29, 0.717) is 12.5 Å². The summed E-state index contributed by atoms with van der Waals surface area (Å²) in [4.78, 5) is 11.5. The van der Waals surface area contributed by atoms with E-state index in [-0.39, 0.29) is 0 Å². The number of unbranched alkanes of at least 4 members (excludes halogenated alkanes) is 1. The number of hydrogen-bond donors (Lipinski definition) is 1. The summed E-state index contributed by atoms with van der Waals surface area (Å²) in [6, 6.07) is 1.91. The number of aryl methyl sites for hydroxylation is 1. The first-order chi connectivity index (χ1) is 10.8. The predicted octanol–water partition coefficient (Wildman–Crippen LogP) is 3.12. The van der Waals surface area contributed by atoms with Crippen molar-refractivity contribution < 1.29 is 4.74 Å². The monoisotopic (exact) mass is 306 g/mol. The van der Waals surface area contributed by atoms with Gasteiger partial charge in [0.2, 0.25) is 5.88 Å². The molecule has 0 bridgehead atoms. The normalized spacial score (nSPS) is 15.2. The molecule has 1 aromatic heterocycles. The van der Waals surface area contributed by atoms with Gasteiger partial charge in [-0.05, 0) is 51.7 Å². The molecule has 0 spiro atoms. The minimum atomic E-state index is 0.688. The maximum absolute atomic E-state index is 5.64. The SMILES string of the molecule is CCCOc1cc(NCCCCN2CCCC2)nc(CC)n1. The van der Waals surface area contributed by atoms with Crippen molar-refractivity contribution in [3.05, 3.63) is 11.9 Å². The summed E-state index contributed by atoms with van der Waals surface area (Å²) in [5, 5.41) is 3.41. The van der Waals surface area contributed by atoms with Crippen LogP contribution in [0.4, 0.5) is 5.82 Å². The Labute approximate surface area is 134 Å². The summed E-state index contributed by atoms with van der Waals surface area (Å²) in [6.07, 6.45) is 6.99. The molecule has 1 aliphatic heterocycles. The molecule has 124 valence electrons. The van der Waals surface area contributed by atoms with Gasteiger partial charge >= 0.3 is 0 Å². The second kappa shape index (κ2) is 9.62. The molecule has 1 saturated heterocycles.